The van der Waals surface area contributed by atoms with Crippen molar-refractivity contribution in [2.75, 3.05) is 13.1 Å². The van der Waals surface area contributed by atoms with Gasteiger partial charge in [-0.1, -0.05) is 30.3 Å². The molecule has 134 valence electrons. The number of carbonyl (C=O) groups excluding carboxylic acids is 1. The van der Waals surface area contributed by atoms with Crippen LogP contribution in [-0.2, 0) is 17.8 Å². The van der Waals surface area contributed by atoms with Crippen molar-refractivity contribution in [1.82, 2.24) is 15.2 Å². The number of aliphatic hydroxyl groups excluding tert-OH is 1. The number of aliphatic imine (C=N–C) groups is 1. The van der Waals surface area contributed by atoms with E-state index in [0.29, 0.717) is 19.6 Å². The SMILES string of the molecule is C[C@@H](NC(=O)Cc1cc2c(cn1)C(N1CC(O)C1)=NC2)c1ccccc1. The van der Waals surface area contributed by atoms with Gasteiger partial charge in [0.15, 0.2) is 0 Å². The highest BCUT2D eigenvalue weighted by Gasteiger charge is 2.31. The summed E-state index contributed by atoms with van der Waals surface area (Å²) in [5, 5.41) is 12.5. The molecule has 26 heavy (non-hydrogen) atoms. The fourth-order valence-electron chi connectivity index (χ4n) is 3.40. The molecule has 6 heteroatoms. The molecule has 0 aliphatic carbocycles. The summed E-state index contributed by atoms with van der Waals surface area (Å²) in [7, 11) is 0. The number of hydrogen-bond acceptors (Lipinski definition) is 5. The maximum absolute atomic E-state index is 12.3. The van der Waals surface area contributed by atoms with Crippen LogP contribution >= 0.6 is 0 Å². The predicted octanol–water partition coefficient (Wildman–Crippen LogP) is 1.44. The van der Waals surface area contributed by atoms with E-state index >= 15 is 0 Å². The third-order valence-electron chi connectivity index (χ3n) is 4.87. The molecule has 4 rings (SSSR count). The van der Waals surface area contributed by atoms with Gasteiger partial charge in [-0.05, 0) is 24.1 Å². The molecule has 3 heterocycles. The number of carbonyl (C=O) groups is 1. The lowest BCUT2D eigenvalue weighted by molar-refractivity contribution is -0.121. The van der Waals surface area contributed by atoms with Gasteiger partial charge in [0, 0.05) is 24.8 Å². The number of pyridine rings is 1. The zero-order chi connectivity index (χ0) is 18.1. The molecule has 6 nitrogen and oxygen atoms in total. The average molecular weight is 350 g/mol. The van der Waals surface area contributed by atoms with Gasteiger partial charge < -0.3 is 15.3 Å². The Hall–Kier alpha value is -2.73. The number of benzene rings is 1. The summed E-state index contributed by atoms with van der Waals surface area (Å²) in [5.41, 5.74) is 3.94. The van der Waals surface area contributed by atoms with Gasteiger partial charge in [0.25, 0.3) is 0 Å². The van der Waals surface area contributed by atoms with Crippen molar-refractivity contribution in [2.24, 2.45) is 4.99 Å². The smallest absolute Gasteiger partial charge is 0.226 e. The Bertz CT molecular complexity index is 844. The van der Waals surface area contributed by atoms with Gasteiger partial charge in [-0.15, -0.1) is 0 Å². The fourth-order valence-corrected chi connectivity index (χ4v) is 3.40. The molecule has 1 aromatic carbocycles. The van der Waals surface area contributed by atoms with E-state index in [9.17, 15) is 9.90 Å². The number of likely N-dealkylation sites (tertiary alicyclic amines) is 1. The number of fused-ring (bicyclic) bond motifs is 1. The maximum atomic E-state index is 12.3. The van der Waals surface area contributed by atoms with E-state index in [1.807, 2.05) is 43.3 Å². The molecule has 1 aromatic heterocycles. The summed E-state index contributed by atoms with van der Waals surface area (Å²) >= 11 is 0. The quantitative estimate of drug-likeness (QED) is 0.875. The largest absolute Gasteiger partial charge is 0.389 e. The van der Waals surface area contributed by atoms with E-state index in [4.69, 9.17) is 0 Å². The molecule has 1 amide bonds. The molecular weight excluding hydrogens is 328 g/mol. The predicted molar refractivity (Wildman–Crippen MR) is 98.8 cm³/mol. The highest BCUT2D eigenvalue weighted by atomic mass is 16.3. The molecule has 0 radical (unpaired) electrons. The summed E-state index contributed by atoms with van der Waals surface area (Å²) in [5.74, 6) is 0.866. The van der Waals surface area contributed by atoms with Gasteiger partial charge in [0.1, 0.15) is 5.84 Å². The lowest BCUT2D eigenvalue weighted by Gasteiger charge is -2.37. The molecule has 2 aliphatic rings. The van der Waals surface area contributed by atoms with Crippen LogP contribution in [0.2, 0.25) is 0 Å². The number of aromatic nitrogens is 1. The van der Waals surface area contributed by atoms with Gasteiger partial charge in [0.05, 0.1) is 30.8 Å². The van der Waals surface area contributed by atoms with Crippen LogP contribution in [0.15, 0.2) is 47.6 Å². The fraction of sp³-hybridized carbons (Fsp3) is 0.350. The van der Waals surface area contributed by atoms with Gasteiger partial charge >= 0.3 is 0 Å². The van der Waals surface area contributed by atoms with E-state index in [1.165, 1.54) is 0 Å². The zero-order valence-corrected chi connectivity index (χ0v) is 14.7. The number of nitrogens with zero attached hydrogens (tertiary/aromatic N) is 3. The van der Waals surface area contributed by atoms with E-state index < -0.39 is 0 Å². The first-order valence-corrected chi connectivity index (χ1v) is 8.90. The molecule has 1 fully saturated rings. The number of aliphatic hydroxyl groups is 1. The van der Waals surface area contributed by atoms with Gasteiger partial charge in [-0.25, -0.2) is 0 Å². The molecule has 0 bridgehead atoms. The van der Waals surface area contributed by atoms with Crippen molar-refractivity contribution < 1.29 is 9.90 Å². The Kier molecular flexibility index (Phi) is 4.42. The highest BCUT2D eigenvalue weighted by molar-refractivity contribution is 6.02. The topological polar surface area (TPSA) is 77.8 Å². The lowest BCUT2D eigenvalue weighted by atomic mass is 10.1. The molecule has 1 atom stereocenters. The number of amides is 1. The van der Waals surface area contributed by atoms with E-state index in [2.05, 4.69) is 20.2 Å². The Morgan fingerprint density at radius 2 is 2.12 bits per heavy atom. The monoisotopic (exact) mass is 350 g/mol. The molecule has 1 saturated heterocycles. The number of nitrogens with one attached hydrogen (secondary N) is 1. The number of rotatable bonds is 4. The van der Waals surface area contributed by atoms with Gasteiger partial charge in [-0.3, -0.25) is 14.8 Å². The minimum atomic E-state index is -0.260. The van der Waals surface area contributed by atoms with Crippen LogP contribution in [0.25, 0.3) is 0 Å². The third-order valence-corrected chi connectivity index (χ3v) is 4.87. The van der Waals surface area contributed by atoms with Gasteiger partial charge in [0.2, 0.25) is 5.91 Å². The van der Waals surface area contributed by atoms with Crippen molar-refractivity contribution in [3.63, 3.8) is 0 Å². The molecule has 0 saturated carbocycles. The number of hydrogen-bond donors (Lipinski definition) is 2. The van der Waals surface area contributed by atoms with E-state index in [0.717, 1.165) is 28.2 Å². The standard InChI is InChI=1S/C20H22N4O2/c1-13(14-5-3-2-4-6-14)23-19(26)8-16-7-15-9-22-20(18(15)10-21-16)24-11-17(25)12-24/h2-7,10,13,17,25H,8-9,11-12H2,1H3,(H,23,26)/t13-/m1/s1. The zero-order valence-electron chi connectivity index (χ0n) is 14.7. The maximum Gasteiger partial charge on any atom is 0.226 e. The van der Waals surface area contributed by atoms with Crippen LogP contribution in [0.1, 0.15) is 35.3 Å². The van der Waals surface area contributed by atoms with Crippen LogP contribution in [0, 0.1) is 0 Å². The minimum Gasteiger partial charge on any atom is -0.389 e. The van der Waals surface area contributed by atoms with Crippen molar-refractivity contribution >= 4 is 11.7 Å². The second-order valence-corrected chi connectivity index (χ2v) is 6.91. The Labute approximate surface area is 152 Å². The van der Waals surface area contributed by atoms with Crippen molar-refractivity contribution in [3.05, 3.63) is 65.0 Å². The molecule has 2 N–H and O–H groups in total. The summed E-state index contributed by atoms with van der Waals surface area (Å²) in [4.78, 5) is 23.4. The Morgan fingerprint density at radius 3 is 2.85 bits per heavy atom. The van der Waals surface area contributed by atoms with E-state index in [-0.39, 0.29) is 24.5 Å². The van der Waals surface area contributed by atoms with Crippen molar-refractivity contribution in [3.8, 4) is 0 Å². The van der Waals surface area contributed by atoms with Crippen LogP contribution in [0.4, 0.5) is 0 Å². The summed E-state index contributed by atoms with van der Waals surface area (Å²) < 4.78 is 0. The van der Waals surface area contributed by atoms with Crippen LogP contribution < -0.4 is 5.32 Å². The molecule has 2 aromatic rings. The number of amidine groups is 1. The number of β-amino-alcohol motifs (C(OH)–C–C–N with tert-alkyl or cyclic N) is 1. The van der Waals surface area contributed by atoms with Crippen LogP contribution in [0.5, 0.6) is 0 Å². The van der Waals surface area contributed by atoms with E-state index in [1.54, 1.807) is 6.20 Å². The first-order valence-electron chi connectivity index (χ1n) is 8.90. The Morgan fingerprint density at radius 1 is 1.35 bits per heavy atom. The third kappa shape index (κ3) is 3.32. The van der Waals surface area contributed by atoms with Crippen molar-refractivity contribution in [1.29, 1.82) is 0 Å². The van der Waals surface area contributed by atoms with Gasteiger partial charge in [-0.2, -0.15) is 0 Å². The summed E-state index contributed by atoms with van der Waals surface area (Å²) in [6.07, 6.45) is 1.79. The molecule has 2 aliphatic heterocycles. The normalized spacial score (nSPS) is 17.3. The lowest BCUT2D eigenvalue weighted by Crippen LogP contribution is -2.53. The highest BCUT2D eigenvalue weighted by Crippen LogP contribution is 2.24. The first kappa shape index (κ1) is 16.7. The molecule has 0 spiro atoms. The second-order valence-electron chi connectivity index (χ2n) is 6.91. The van der Waals surface area contributed by atoms with Crippen LogP contribution in [-0.4, -0.2) is 45.9 Å². The molecular formula is C20H22N4O2. The second kappa shape index (κ2) is 6.88. The molecule has 0 unspecified atom stereocenters. The Balaban J connectivity index is 1.38. The minimum absolute atomic E-state index is 0.0362. The first-order chi connectivity index (χ1) is 12.6. The summed E-state index contributed by atoms with van der Waals surface area (Å²) in [6, 6.07) is 11.8. The summed E-state index contributed by atoms with van der Waals surface area (Å²) in [6.45, 7) is 3.83. The average Bonchev–Trinajstić information content (AvgIpc) is 3.02. The van der Waals surface area contributed by atoms with Crippen molar-refractivity contribution in [2.45, 2.75) is 32.0 Å². The van der Waals surface area contributed by atoms with Crippen LogP contribution in [0.3, 0.4) is 0 Å².